The second-order valence-corrected chi connectivity index (χ2v) is 13.7. The highest BCUT2D eigenvalue weighted by atomic mass is 32.2. The third kappa shape index (κ3) is 6.75. The molecule has 4 atom stereocenters. The summed E-state index contributed by atoms with van der Waals surface area (Å²) in [7, 11) is 0. The first-order valence-electron chi connectivity index (χ1n) is 15.3. The van der Waals surface area contributed by atoms with Crippen molar-refractivity contribution in [3.05, 3.63) is 74.1 Å². The largest absolute Gasteiger partial charge is 0.481 e. The lowest BCUT2D eigenvalue weighted by Gasteiger charge is -2.12. The molecular formula is C33H42N5O6S+. The topological polar surface area (TPSA) is 190 Å². The maximum absolute atomic E-state index is 12.6. The van der Waals surface area contributed by atoms with Crippen LogP contribution in [0.3, 0.4) is 0 Å². The van der Waals surface area contributed by atoms with Crippen LogP contribution in [0.25, 0.3) is 6.08 Å². The van der Waals surface area contributed by atoms with E-state index in [1.54, 1.807) is 6.08 Å². The summed E-state index contributed by atoms with van der Waals surface area (Å²) in [5.41, 5.74) is 15.0. The molecule has 2 aromatic heterocycles. The molecule has 2 saturated heterocycles. The van der Waals surface area contributed by atoms with Crippen LogP contribution in [-0.4, -0.2) is 61.0 Å². The van der Waals surface area contributed by atoms with Gasteiger partial charge in [0.1, 0.15) is 0 Å². The summed E-state index contributed by atoms with van der Waals surface area (Å²) >= 11 is 1.36. The number of allylic oxidation sites excluding steroid dienone is 1. The summed E-state index contributed by atoms with van der Waals surface area (Å²) in [5, 5.41) is 25.5. The molecule has 240 valence electrons. The van der Waals surface area contributed by atoms with Gasteiger partial charge in [-0.05, 0) is 91.6 Å². The van der Waals surface area contributed by atoms with Crippen molar-refractivity contribution in [1.82, 2.24) is 20.6 Å². The standard InChI is InChI=1S/C33H41N5O6S/c1-15-19(5-7-29(39)40)25(35-22(15)11-24-17(3)21(9-10-34)33(44)37-24)13-26-20(6-8-30(41)42)16(2)23(36-26)12-27-31(28-14-45-28)18(4)32(43)38-27/h9-10,12,18,24,28,31,35-36H,5-8,11,13-14,34H2,1-4H3,(H,37,44)(H,38,43)(H,39,40)(H,41,42)/p+1/b10-9+,27-12-/t18-,24-,28+,31-/m1/s1. The Kier molecular flexibility index (Phi) is 9.33. The molecule has 0 unspecified atom stereocenters. The summed E-state index contributed by atoms with van der Waals surface area (Å²) in [5.74, 6) is -0.824. The molecule has 3 aliphatic heterocycles. The molecule has 2 fully saturated rings. The van der Waals surface area contributed by atoms with Crippen molar-refractivity contribution in [2.24, 2.45) is 17.6 Å². The van der Waals surface area contributed by atoms with Crippen LogP contribution >= 0.6 is 0 Å². The minimum Gasteiger partial charge on any atom is -0.481 e. The molecule has 0 aliphatic carbocycles. The molecule has 11 nitrogen and oxygen atoms in total. The zero-order valence-electron chi connectivity index (χ0n) is 26.0. The number of aromatic amines is 2. The lowest BCUT2D eigenvalue weighted by molar-refractivity contribution is -0.138. The smallest absolute Gasteiger partial charge is 0.303 e. The number of aromatic nitrogens is 2. The summed E-state index contributed by atoms with van der Waals surface area (Å²) in [6.45, 7) is 7.80. The van der Waals surface area contributed by atoms with E-state index in [1.165, 1.54) is 18.0 Å². The summed E-state index contributed by atoms with van der Waals surface area (Å²) in [6.07, 6.45) is 6.44. The van der Waals surface area contributed by atoms with E-state index in [9.17, 15) is 29.4 Å². The van der Waals surface area contributed by atoms with Crippen LogP contribution in [0.15, 0.2) is 29.1 Å². The Morgan fingerprint density at radius 1 is 0.978 bits per heavy atom. The monoisotopic (exact) mass is 636 g/mol. The summed E-state index contributed by atoms with van der Waals surface area (Å²) in [4.78, 5) is 55.4. The third-order valence-corrected chi connectivity index (χ3v) is 10.6. The van der Waals surface area contributed by atoms with Gasteiger partial charge in [0.25, 0.3) is 5.91 Å². The van der Waals surface area contributed by atoms with Crippen LogP contribution < -0.4 is 16.4 Å². The first kappa shape index (κ1) is 32.2. The highest BCUT2D eigenvalue weighted by Gasteiger charge is 2.52. The van der Waals surface area contributed by atoms with Gasteiger partial charge < -0.3 is 36.5 Å². The van der Waals surface area contributed by atoms with Gasteiger partial charge in [0, 0.05) is 65.6 Å². The molecule has 45 heavy (non-hydrogen) atoms. The number of carbonyl (C=O) groups is 4. The van der Waals surface area contributed by atoms with Crippen molar-refractivity contribution in [1.29, 1.82) is 0 Å². The number of carboxylic acids is 2. The quantitative estimate of drug-likeness (QED) is 0.0997. The first-order chi connectivity index (χ1) is 21.4. The van der Waals surface area contributed by atoms with E-state index in [0.29, 0.717) is 36.5 Å². The number of thiol groups is 1. The first-order valence-corrected chi connectivity index (χ1v) is 16.5. The molecule has 0 spiro atoms. The van der Waals surface area contributed by atoms with Gasteiger partial charge in [-0.15, -0.1) is 0 Å². The predicted molar refractivity (Wildman–Crippen MR) is 174 cm³/mol. The van der Waals surface area contributed by atoms with Gasteiger partial charge in [-0.2, -0.15) is 0 Å². The van der Waals surface area contributed by atoms with Crippen molar-refractivity contribution in [2.75, 3.05) is 5.75 Å². The molecule has 5 rings (SSSR count). The Bertz CT molecular complexity index is 1640. The van der Waals surface area contributed by atoms with Crippen LogP contribution in [-0.2, 0) is 56.6 Å². The zero-order valence-corrected chi connectivity index (χ0v) is 26.9. The maximum atomic E-state index is 12.6. The number of aliphatic carboxylic acids is 2. The third-order valence-electron chi connectivity index (χ3n) is 9.46. The van der Waals surface area contributed by atoms with Gasteiger partial charge in [0.15, 0.2) is 11.0 Å². The van der Waals surface area contributed by atoms with E-state index in [4.69, 9.17) is 5.73 Å². The van der Waals surface area contributed by atoms with Crippen LogP contribution in [0.5, 0.6) is 0 Å². The SMILES string of the molecule is CC1=C(/C=C/N)C(=O)N[C@@H]1Cc1[nH]c(Cc2[nH]c(/C=C3\NC(=O)[C@H](C)[C@H]3[C@@H]3C[SH+]3)c(C)c2CCC(=O)O)c(CCC(=O)O)c1C. The van der Waals surface area contributed by atoms with Gasteiger partial charge in [-0.1, -0.05) is 6.92 Å². The van der Waals surface area contributed by atoms with E-state index >= 15 is 0 Å². The minimum absolute atomic E-state index is 0.0241. The number of carbonyl (C=O) groups excluding carboxylic acids is 2. The van der Waals surface area contributed by atoms with Crippen molar-refractivity contribution in [3.63, 3.8) is 0 Å². The fourth-order valence-electron chi connectivity index (χ4n) is 6.76. The molecule has 0 saturated carbocycles. The van der Waals surface area contributed by atoms with Crippen LogP contribution in [0.4, 0.5) is 0 Å². The van der Waals surface area contributed by atoms with Gasteiger partial charge in [0.05, 0.1) is 12.0 Å². The number of nitrogens with two attached hydrogens (primary N) is 1. The van der Waals surface area contributed by atoms with Crippen molar-refractivity contribution in [2.45, 2.75) is 77.5 Å². The lowest BCUT2D eigenvalue weighted by Crippen LogP contribution is -2.30. The molecular weight excluding hydrogens is 594 g/mol. The number of carboxylic acid groups (broad SMARTS) is 2. The van der Waals surface area contributed by atoms with Crippen molar-refractivity contribution >= 4 is 41.6 Å². The fourth-order valence-corrected chi connectivity index (χ4v) is 7.75. The molecule has 3 aliphatic rings. The second kappa shape index (κ2) is 13.0. The highest BCUT2D eigenvalue weighted by Crippen LogP contribution is 2.38. The Labute approximate surface area is 266 Å². The lowest BCUT2D eigenvalue weighted by atomic mass is 9.91. The van der Waals surface area contributed by atoms with Gasteiger partial charge in [-0.3, -0.25) is 19.2 Å². The van der Waals surface area contributed by atoms with Gasteiger partial charge in [0.2, 0.25) is 5.91 Å². The van der Waals surface area contributed by atoms with E-state index < -0.39 is 11.9 Å². The summed E-state index contributed by atoms with van der Waals surface area (Å²) < 4.78 is 0. The number of hydrogen-bond acceptors (Lipinski definition) is 5. The van der Waals surface area contributed by atoms with Crippen molar-refractivity contribution < 1.29 is 29.4 Å². The average Bonchev–Trinajstić information content (AvgIpc) is 3.56. The molecule has 5 heterocycles. The molecule has 12 heteroatoms. The number of hydrogen-bond donors (Lipinski definition) is 7. The predicted octanol–water partition coefficient (Wildman–Crippen LogP) is 2.33. The van der Waals surface area contributed by atoms with Crippen LogP contribution in [0.1, 0.15) is 71.7 Å². The zero-order chi connectivity index (χ0) is 32.6. The number of amides is 2. The van der Waals surface area contributed by atoms with Crippen molar-refractivity contribution in [3.8, 4) is 0 Å². The van der Waals surface area contributed by atoms with E-state index in [2.05, 4.69) is 20.6 Å². The van der Waals surface area contributed by atoms with Gasteiger partial charge >= 0.3 is 11.9 Å². The normalized spacial score (nSPS) is 23.8. The van der Waals surface area contributed by atoms with Crippen LogP contribution in [0, 0.1) is 25.7 Å². The summed E-state index contributed by atoms with van der Waals surface area (Å²) in [6, 6.07) is -0.235. The fraction of sp³-hybridized carbons (Fsp3) is 0.455. The average molecular weight is 637 g/mol. The molecule has 2 amide bonds. The van der Waals surface area contributed by atoms with Gasteiger partial charge in [-0.25, -0.2) is 0 Å². The van der Waals surface area contributed by atoms with Crippen LogP contribution in [0.2, 0.25) is 0 Å². The van der Waals surface area contributed by atoms with E-state index in [1.807, 2.05) is 33.8 Å². The molecule has 0 bridgehead atoms. The van der Waals surface area contributed by atoms with E-state index in [0.717, 1.165) is 62.1 Å². The number of nitrogens with one attached hydrogen (secondary N) is 4. The molecule has 8 N–H and O–H groups in total. The highest BCUT2D eigenvalue weighted by molar-refractivity contribution is 7.86. The minimum atomic E-state index is -0.896. The Balaban J connectivity index is 1.51. The Morgan fingerprint density at radius 2 is 1.60 bits per heavy atom. The number of H-pyrrole nitrogens is 2. The molecule has 0 aromatic carbocycles. The second-order valence-electron chi connectivity index (χ2n) is 12.3. The molecule has 2 aromatic rings. The Morgan fingerprint density at radius 3 is 2.20 bits per heavy atom. The Hall–Kier alpha value is -4.19. The maximum Gasteiger partial charge on any atom is 0.303 e. The van der Waals surface area contributed by atoms with E-state index in [-0.39, 0.29) is 42.5 Å². The number of rotatable bonds is 13. The molecule has 0 radical (unpaired) electrons.